The normalized spacial score (nSPS) is 13.9. The zero-order valence-electron chi connectivity index (χ0n) is 16.2. The van der Waals surface area contributed by atoms with Crippen molar-refractivity contribution < 1.29 is 14.0 Å². The fourth-order valence-corrected chi connectivity index (χ4v) is 3.48. The zero-order valence-corrected chi connectivity index (χ0v) is 16.9. The number of carbonyl (C=O) groups excluding carboxylic acids is 2. The topological polar surface area (TPSA) is 49.4 Å². The Morgan fingerprint density at radius 3 is 2.20 bits per heavy atom. The van der Waals surface area contributed by atoms with E-state index in [0.717, 1.165) is 16.9 Å². The minimum Gasteiger partial charge on any atom is -0.350 e. The van der Waals surface area contributed by atoms with Gasteiger partial charge in [-0.05, 0) is 53.9 Å². The van der Waals surface area contributed by atoms with Crippen LogP contribution in [0.4, 0.5) is 15.8 Å². The minimum absolute atomic E-state index is 0.0860. The first-order valence-corrected chi connectivity index (χ1v) is 9.87. The van der Waals surface area contributed by atoms with E-state index in [0.29, 0.717) is 16.3 Å². The molecule has 1 heterocycles. The van der Waals surface area contributed by atoms with Crippen LogP contribution in [0.25, 0.3) is 5.57 Å². The van der Waals surface area contributed by atoms with Crippen LogP contribution in [-0.2, 0) is 16.0 Å². The second-order valence-corrected chi connectivity index (χ2v) is 7.27. The number of para-hydroxylation sites is 1. The Labute approximate surface area is 178 Å². The van der Waals surface area contributed by atoms with Crippen LogP contribution in [0, 0.1) is 5.82 Å². The van der Waals surface area contributed by atoms with Gasteiger partial charge in [-0.25, -0.2) is 9.29 Å². The molecule has 0 spiro atoms. The molecule has 3 aromatic rings. The first-order chi connectivity index (χ1) is 14.5. The van der Waals surface area contributed by atoms with Gasteiger partial charge in [-0.3, -0.25) is 9.59 Å². The van der Waals surface area contributed by atoms with Crippen molar-refractivity contribution in [3.63, 3.8) is 0 Å². The van der Waals surface area contributed by atoms with E-state index in [1.165, 1.54) is 18.2 Å². The molecule has 4 rings (SSSR count). The molecular weight excluding hydrogens is 403 g/mol. The highest BCUT2D eigenvalue weighted by molar-refractivity contribution is 6.46. The van der Waals surface area contributed by atoms with E-state index in [2.05, 4.69) is 12.2 Å². The van der Waals surface area contributed by atoms with E-state index in [-0.39, 0.29) is 17.0 Å². The molecule has 0 unspecified atom stereocenters. The molecule has 0 bridgehead atoms. The van der Waals surface area contributed by atoms with Crippen LogP contribution < -0.4 is 10.2 Å². The summed E-state index contributed by atoms with van der Waals surface area (Å²) in [5, 5.41) is 3.57. The van der Waals surface area contributed by atoms with Crippen LogP contribution in [0.15, 0.2) is 78.5 Å². The van der Waals surface area contributed by atoms with Gasteiger partial charge in [0.1, 0.15) is 11.5 Å². The number of halogens is 2. The molecule has 2 amide bonds. The Balaban J connectivity index is 1.81. The molecular formula is C24H18ClFN2O2. The van der Waals surface area contributed by atoms with E-state index in [1.807, 2.05) is 24.3 Å². The van der Waals surface area contributed by atoms with Gasteiger partial charge in [0, 0.05) is 10.7 Å². The first kappa shape index (κ1) is 19.9. The average Bonchev–Trinajstić information content (AvgIpc) is 2.99. The zero-order chi connectivity index (χ0) is 21.3. The second kappa shape index (κ2) is 8.13. The maximum absolute atomic E-state index is 14.4. The standard InChI is InChI=1S/C24H18ClFN2O2/c1-2-15-7-13-18(14-8-15)27-22-21(16-9-11-17(25)12-10-16)23(29)28(24(22)30)20-6-4-3-5-19(20)26/h3-14,27H,2H2,1H3. The number of hydrogen-bond acceptors (Lipinski definition) is 3. The van der Waals surface area contributed by atoms with Gasteiger partial charge in [0.15, 0.2) is 0 Å². The monoisotopic (exact) mass is 420 g/mol. The van der Waals surface area contributed by atoms with E-state index in [4.69, 9.17) is 11.6 Å². The number of nitrogens with zero attached hydrogens (tertiary/aromatic N) is 1. The van der Waals surface area contributed by atoms with Crippen molar-refractivity contribution in [2.45, 2.75) is 13.3 Å². The summed E-state index contributed by atoms with van der Waals surface area (Å²) in [6, 6.07) is 19.9. The lowest BCUT2D eigenvalue weighted by molar-refractivity contribution is -0.120. The molecule has 0 radical (unpaired) electrons. The number of rotatable bonds is 5. The molecule has 0 fully saturated rings. The summed E-state index contributed by atoms with van der Waals surface area (Å²) in [4.78, 5) is 27.4. The van der Waals surface area contributed by atoms with Crippen molar-refractivity contribution >= 4 is 40.4 Å². The highest BCUT2D eigenvalue weighted by Gasteiger charge is 2.41. The lowest BCUT2D eigenvalue weighted by Crippen LogP contribution is -2.33. The van der Waals surface area contributed by atoms with Gasteiger partial charge in [-0.15, -0.1) is 0 Å². The summed E-state index contributed by atoms with van der Waals surface area (Å²) >= 11 is 5.98. The maximum atomic E-state index is 14.4. The molecule has 0 aliphatic carbocycles. The molecule has 1 aliphatic heterocycles. The van der Waals surface area contributed by atoms with Crippen molar-refractivity contribution in [1.29, 1.82) is 0 Å². The number of aryl methyl sites for hydroxylation is 1. The molecule has 30 heavy (non-hydrogen) atoms. The summed E-state index contributed by atoms with van der Waals surface area (Å²) in [6.07, 6.45) is 0.886. The third-order valence-corrected chi connectivity index (χ3v) is 5.19. The quantitative estimate of drug-likeness (QED) is 0.559. The highest BCUT2D eigenvalue weighted by atomic mass is 35.5. The average molecular weight is 421 g/mol. The number of benzene rings is 3. The van der Waals surface area contributed by atoms with Crippen LogP contribution in [0.5, 0.6) is 0 Å². The number of carbonyl (C=O) groups is 2. The summed E-state index contributed by atoms with van der Waals surface area (Å²) in [6.45, 7) is 2.05. The van der Waals surface area contributed by atoms with Gasteiger partial charge in [-0.2, -0.15) is 0 Å². The molecule has 150 valence electrons. The van der Waals surface area contributed by atoms with Crippen LogP contribution in [0.3, 0.4) is 0 Å². The van der Waals surface area contributed by atoms with Crippen LogP contribution in [0.1, 0.15) is 18.1 Å². The minimum atomic E-state index is -0.650. The third kappa shape index (κ3) is 3.60. The van der Waals surface area contributed by atoms with Gasteiger partial charge in [0.05, 0.1) is 11.3 Å². The molecule has 0 atom stereocenters. The Kier molecular flexibility index (Phi) is 5.38. The van der Waals surface area contributed by atoms with Crippen LogP contribution in [0.2, 0.25) is 5.02 Å². The lowest BCUT2D eigenvalue weighted by Gasteiger charge is -2.16. The molecule has 0 saturated heterocycles. The van der Waals surface area contributed by atoms with Crippen molar-refractivity contribution in [3.05, 3.63) is 100 Å². The van der Waals surface area contributed by atoms with Gasteiger partial charge in [0.2, 0.25) is 0 Å². The maximum Gasteiger partial charge on any atom is 0.282 e. The summed E-state index contributed by atoms with van der Waals surface area (Å²) in [5.74, 6) is -1.86. The fourth-order valence-electron chi connectivity index (χ4n) is 3.35. The Morgan fingerprint density at radius 1 is 0.900 bits per heavy atom. The van der Waals surface area contributed by atoms with E-state index < -0.39 is 17.6 Å². The lowest BCUT2D eigenvalue weighted by atomic mass is 10.0. The van der Waals surface area contributed by atoms with Gasteiger partial charge in [0.25, 0.3) is 11.8 Å². The number of amides is 2. The van der Waals surface area contributed by atoms with Crippen LogP contribution in [-0.4, -0.2) is 11.8 Å². The Bertz CT molecular complexity index is 1150. The molecule has 6 heteroatoms. The number of anilines is 2. The molecule has 1 N–H and O–H groups in total. The molecule has 1 aliphatic rings. The van der Waals surface area contributed by atoms with Crippen molar-refractivity contribution in [3.8, 4) is 0 Å². The van der Waals surface area contributed by atoms with Crippen molar-refractivity contribution in [1.82, 2.24) is 0 Å². The summed E-state index contributed by atoms with van der Waals surface area (Å²) in [5.41, 5.74) is 2.50. The Morgan fingerprint density at radius 2 is 1.57 bits per heavy atom. The highest BCUT2D eigenvalue weighted by Crippen LogP contribution is 2.35. The SMILES string of the molecule is CCc1ccc(NC2=C(c3ccc(Cl)cc3)C(=O)N(c3ccccc3F)C2=O)cc1. The molecule has 0 aromatic heterocycles. The molecule has 4 nitrogen and oxygen atoms in total. The molecule has 0 saturated carbocycles. The van der Waals surface area contributed by atoms with Crippen molar-refractivity contribution in [2.75, 3.05) is 10.2 Å². The van der Waals surface area contributed by atoms with Gasteiger partial charge >= 0.3 is 0 Å². The first-order valence-electron chi connectivity index (χ1n) is 9.49. The van der Waals surface area contributed by atoms with Gasteiger partial charge in [-0.1, -0.05) is 54.9 Å². The van der Waals surface area contributed by atoms with Gasteiger partial charge < -0.3 is 5.32 Å². The van der Waals surface area contributed by atoms with E-state index >= 15 is 0 Å². The second-order valence-electron chi connectivity index (χ2n) is 6.83. The fraction of sp³-hybridized carbons (Fsp3) is 0.0833. The number of nitrogens with one attached hydrogen (secondary N) is 1. The predicted molar refractivity (Wildman–Crippen MR) is 117 cm³/mol. The third-order valence-electron chi connectivity index (χ3n) is 4.94. The smallest absolute Gasteiger partial charge is 0.282 e. The van der Waals surface area contributed by atoms with E-state index in [9.17, 15) is 14.0 Å². The largest absolute Gasteiger partial charge is 0.350 e. The van der Waals surface area contributed by atoms with Crippen LogP contribution >= 0.6 is 11.6 Å². The summed E-state index contributed by atoms with van der Waals surface area (Å²) in [7, 11) is 0. The Hall–Kier alpha value is -3.44. The summed E-state index contributed by atoms with van der Waals surface area (Å²) < 4.78 is 14.4. The number of imide groups is 1. The predicted octanol–water partition coefficient (Wildman–Crippen LogP) is 5.44. The van der Waals surface area contributed by atoms with E-state index in [1.54, 1.807) is 30.3 Å². The van der Waals surface area contributed by atoms with Crippen molar-refractivity contribution in [2.24, 2.45) is 0 Å². The molecule has 3 aromatic carbocycles. The number of hydrogen-bond donors (Lipinski definition) is 1.